The summed E-state index contributed by atoms with van der Waals surface area (Å²) in [7, 11) is 0. The summed E-state index contributed by atoms with van der Waals surface area (Å²) in [5, 5.41) is 4.46. The first kappa shape index (κ1) is 14.1. The maximum atomic E-state index is 6.02. The van der Waals surface area contributed by atoms with Gasteiger partial charge in [-0.3, -0.25) is 0 Å². The minimum Gasteiger partial charge on any atom is -0.310 e. The van der Waals surface area contributed by atoms with E-state index >= 15 is 0 Å². The summed E-state index contributed by atoms with van der Waals surface area (Å²) in [6, 6.07) is 15.3. The second-order valence-electron chi connectivity index (χ2n) is 5.36. The lowest BCUT2D eigenvalue weighted by Gasteiger charge is -2.26. The maximum Gasteiger partial charge on any atom is 0.0409 e. The van der Waals surface area contributed by atoms with Gasteiger partial charge >= 0.3 is 0 Å². The van der Waals surface area contributed by atoms with E-state index in [1.807, 2.05) is 18.2 Å². The van der Waals surface area contributed by atoms with Gasteiger partial charge in [0, 0.05) is 22.1 Å². The summed E-state index contributed by atoms with van der Waals surface area (Å²) >= 11 is 9.56. The molecular formula is C17H17BrClN. The summed E-state index contributed by atoms with van der Waals surface area (Å²) in [5.74, 6) is 0. The summed E-state index contributed by atoms with van der Waals surface area (Å²) in [6.07, 6.45) is 3.47. The van der Waals surface area contributed by atoms with Crippen molar-refractivity contribution in [3.8, 4) is 0 Å². The number of aryl methyl sites for hydroxylation is 1. The van der Waals surface area contributed by atoms with Crippen molar-refractivity contribution >= 4 is 27.5 Å². The summed E-state index contributed by atoms with van der Waals surface area (Å²) in [6.45, 7) is 0.886. The molecular weight excluding hydrogens is 334 g/mol. The van der Waals surface area contributed by atoms with Gasteiger partial charge in [0.1, 0.15) is 0 Å². The summed E-state index contributed by atoms with van der Waals surface area (Å²) in [5.41, 5.74) is 4.21. The van der Waals surface area contributed by atoms with E-state index in [1.165, 1.54) is 27.6 Å². The van der Waals surface area contributed by atoms with E-state index in [0.29, 0.717) is 6.04 Å². The Labute approximate surface area is 133 Å². The fraction of sp³-hybridized carbons (Fsp3) is 0.294. The van der Waals surface area contributed by atoms with Gasteiger partial charge in [0.05, 0.1) is 0 Å². The Balaban J connectivity index is 1.62. The third kappa shape index (κ3) is 3.43. The van der Waals surface area contributed by atoms with Gasteiger partial charge < -0.3 is 5.32 Å². The van der Waals surface area contributed by atoms with Gasteiger partial charge in [-0.05, 0) is 60.2 Å². The van der Waals surface area contributed by atoms with Gasteiger partial charge in [-0.25, -0.2) is 0 Å². The smallest absolute Gasteiger partial charge is 0.0409 e. The van der Waals surface area contributed by atoms with Gasteiger partial charge in [0.15, 0.2) is 0 Å². The summed E-state index contributed by atoms with van der Waals surface area (Å²) in [4.78, 5) is 0. The van der Waals surface area contributed by atoms with Gasteiger partial charge in [0.2, 0.25) is 0 Å². The molecule has 0 radical (unpaired) electrons. The van der Waals surface area contributed by atoms with Gasteiger partial charge in [-0.15, -0.1) is 0 Å². The maximum absolute atomic E-state index is 6.02. The first-order chi connectivity index (χ1) is 9.70. The topological polar surface area (TPSA) is 12.0 Å². The Morgan fingerprint density at radius 1 is 1.15 bits per heavy atom. The third-order valence-corrected chi connectivity index (χ3v) is 4.61. The van der Waals surface area contributed by atoms with E-state index in [4.69, 9.17) is 11.6 Å². The first-order valence-electron chi connectivity index (χ1n) is 6.96. The normalized spacial score (nSPS) is 17.8. The number of benzene rings is 2. The van der Waals surface area contributed by atoms with E-state index in [1.54, 1.807) is 0 Å². The Kier molecular flexibility index (Phi) is 4.45. The van der Waals surface area contributed by atoms with Crippen LogP contribution in [0, 0.1) is 0 Å². The molecule has 0 fully saturated rings. The van der Waals surface area contributed by atoms with Crippen LogP contribution in [-0.4, -0.2) is 6.04 Å². The zero-order valence-electron chi connectivity index (χ0n) is 11.2. The lowest BCUT2D eigenvalue weighted by Crippen LogP contribution is -2.34. The zero-order valence-corrected chi connectivity index (χ0v) is 13.5. The molecule has 0 bridgehead atoms. The van der Waals surface area contributed by atoms with E-state index in [9.17, 15) is 0 Å². The Bertz CT molecular complexity index is 612. The second kappa shape index (κ2) is 6.30. The highest BCUT2D eigenvalue weighted by Crippen LogP contribution is 2.25. The molecule has 0 heterocycles. The van der Waals surface area contributed by atoms with Gasteiger partial charge in [-0.1, -0.05) is 45.7 Å². The molecule has 0 saturated heterocycles. The van der Waals surface area contributed by atoms with Gasteiger partial charge in [-0.2, -0.15) is 0 Å². The van der Waals surface area contributed by atoms with Crippen LogP contribution in [0.2, 0.25) is 5.02 Å². The van der Waals surface area contributed by atoms with E-state index < -0.39 is 0 Å². The molecule has 2 aromatic rings. The molecule has 2 aromatic carbocycles. The number of hydrogen-bond acceptors (Lipinski definition) is 1. The van der Waals surface area contributed by atoms with Crippen LogP contribution in [0.1, 0.15) is 23.1 Å². The largest absolute Gasteiger partial charge is 0.310 e. The molecule has 1 aliphatic rings. The van der Waals surface area contributed by atoms with Crippen LogP contribution in [-0.2, 0) is 19.4 Å². The molecule has 0 saturated carbocycles. The number of fused-ring (bicyclic) bond motifs is 1. The Morgan fingerprint density at radius 2 is 2.05 bits per heavy atom. The SMILES string of the molecule is Clc1cccc(CNC2CCc3cc(Br)ccc3C2)c1. The Hall–Kier alpha value is -0.830. The van der Waals surface area contributed by atoms with Crippen molar-refractivity contribution in [1.82, 2.24) is 5.32 Å². The predicted molar refractivity (Wildman–Crippen MR) is 88.2 cm³/mol. The van der Waals surface area contributed by atoms with E-state index in [0.717, 1.165) is 24.4 Å². The molecule has 1 aliphatic carbocycles. The van der Waals surface area contributed by atoms with Crippen LogP contribution in [0.15, 0.2) is 46.9 Å². The predicted octanol–water partition coefficient (Wildman–Crippen LogP) is 4.75. The molecule has 1 unspecified atom stereocenters. The molecule has 3 rings (SSSR count). The monoisotopic (exact) mass is 349 g/mol. The molecule has 1 atom stereocenters. The van der Waals surface area contributed by atoms with Crippen molar-refractivity contribution in [2.75, 3.05) is 0 Å². The van der Waals surface area contributed by atoms with Crippen LogP contribution in [0.3, 0.4) is 0 Å². The van der Waals surface area contributed by atoms with Crippen molar-refractivity contribution in [2.45, 2.75) is 31.8 Å². The fourth-order valence-corrected chi connectivity index (χ4v) is 3.43. The molecule has 0 aromatic heterocycles. The average Bonchev–Trinajstić information content (AvgIpc) is 2.45. The highest BCUT2D eigenvalue weighted by molar-refractivity contribution is 9.10. The van der Waals surface area contributed by atoms with Gasteiger partial charge in [0.25, 0.3) is 0 Å². The van der Waals surface area contributed by atoms with Crippen LogP contribution in [0.4, 0.5) is 0 Å². The lowest BCUT2D eigenvalue weighted by molar-refractivity contribution is 0.457. The number of halogens is 2. The standard InChI is InChI=1S/C17H17BrClN/c18-15-6-4-14-10-17(7-5-13(14)9-15)20-11-12-2-1-3-16(19)8-12/h1-4,6,8-9,17,20H,5,7,10-11H2. The molecule has 0 spiro atoms. The van der Waals surface area contributed by atoms with Crippen molar-refractivity contribution in [1.29, 1.82) is 0 Å². The molecule has 0 aliphatic heterocycles. The van der Waals surface area contributed by atoms with Crippen molar-refractivity contribution in [3.05, 3.63) is 68.7 Å². The number of rotatable bonds is 3. The van der Waals surface area contributed by atoms with Crippen LogP contribution in [0.25, 0.3) is 0 Å². The lowest BCUT2D eigenvalue weighted by atomic mass is 9.88. The van der Waals surface area contributed by atoms with E-state index in [-0.39, 0.29) is 0 Å². The average molecular weight is 351 g/mol. The fourth-order valence-electron chi connectivity index (χ4n) is 2.81. The van der Waals surface area contributed by atoms with Crippen molar-refractivity contribution < 1.29 is 0 Å². The second-order valence-corrected chi connectivity index (χ2v) is 6.72. The number of nitrogens with one attached hydrogen (secondary N) is 1. The highest BCUT2D eigenvalue weighted by Gasteiger charge is 2.18. The molecule has 104 valence electrons. The Morgan fingerprint density at radius 3 is 2.90 bits per heavy atom. The van der Waals surface area contributed by atoms with E-state index in [2.05, 4.69) is 45.5 Å². The van der Waals surface area contributed by atoms with Crippen molar-refractivity contribution in [3.63, 3.8) is 0 Å². The molecule has 20 heavy (non-hydrogen) atoms. The highest BCUT2D eigenvalue weighted by atomic mass is 79.9. The summed E-state index contributed by atoms with van der Waals surface area (Å²) < 4.78 is 1.18. The minimum absolute atomic E-state index is 0.558. The number of hydrogen-bond donors (Lipinski definition) is 1. The molecule has 0 amide bonds. The first-order valence-corrected chi connectivity index (χ1v) is 8.13. The van der Waals surface area contributed by atoms with Crippen molar-refractivity contribution in [2.24, 2.45) is 0 Å². The molecule has 1 nitrogen and oxygen atoms in total. The van der Waals surface area contributed by atoms with Crippen LogP contribution < -0.4 is 5.32 Å². The minimum atomic E-state index is 0.558. The van der Waals surface area contributed by atoms with Crippen LogP contribution in [0.5, 0.6) is 0 Å². The zero-order chi connectivity index (χ0) is 13.9. The van der Waals surface area contributed by atoms with Crippen LogP contribution >= 0.6 is 27.5 Å². The third-order valence-electron chi connectivity index (χ3n) is 3.88. The molecule has 1 N–H and O–H groups in total. The quantitative estimate of drug-likeness (QED) is 0.842. The molecule has 3 heteroatoms.